The van der Waals surface area contributed by atoms with Crippen LogP contribution in [0.15, 0.2) is 17.5 Å². The molecule has 1 unspecified atom stereocenters. The van der Waals surface area contributed by atoms with Gasteiger partial charge in [-0.05, 0) is 11.4 Å². The third kappa shape index (κ3) is 1.28. The van der Waals surface area contributed by atoms with Crippen LogP contribution in [0.2, 0.25) is 0 Å². The lowest BCUT2D eigenvalue weighted by molar-refractivity contribution is 0.240. The second-order valence-corrected chi connectivity index (χ2v) is 2.53. The number of aliphatic hydroxyl groups is 1. The number of aliphatic hydroxyl groups excluding tert-OH is 1. The summed E-state index contributed by atoms with van der Waals surface area (Å²) < 4.78 is 0. The first-order valence-electron chi connectivity index (χ1n) is 2.45. The second kappa shape index (κ2) is 2.62. The van der Waals surface area contributed by atoms with Crippen molar-refractivity contribution in [1.29, 1.82) is 5.26 Å². The van der Waals surface area contributed by atoms with Crippen molar-refractivity contribution in [2.24, 2.45) is 0 Å². The average Bonchev–Trinajstić information content (AvgIpc) is 2.37. The number of hydrogen-bond donors (Lipinski definition) is 1. The lowest BCUT2D eigenvalue weighted by atomic mass is 10.3. The molecule has 0 saturated heterocycles. The molecule has 1 heterocycles. The van der Waals surface area contributed by atoms with Gasteiger partial charge in [-0.3, -0.25) is 0 Å². The Kier molecular flexibility index (Phi) is 1.83. The maximum absolute atomic E-state index is 8.87. The number of hydrogen-bond acceptors (Lipinski definition) is 3. The van der Waals surface area contributed by atoms with E-state index in [1.54, 1.807) is 18.2 Å². The third-order valence-electron chi connectivity index (χ3n) is 0.935. The standard InChI is InChI=1S/C6H5NOS/c7-4-5(8)6-2-1-3-9-6/h1-3,5,8H. The van der Waals surface area contributed by atoms with Gasteiger partial charge in [0.2, 0.25) is 0 Å². The predicted molar refractivity (Wildman–Crippen MR) is 34.9 cm³/mol. The van der Waals surface area contributed by atoms with Gasteiger partial charge in [0.05, 0.1) is 6.07 Å². The van der Waals surface area contributed by atoms with Crippen LogP contribution in [0.5, 0.6) is 0 Å². The highest BCUT2D eigenvalue weighted by Gasteiger charge is 2.03. The summed E-state index contributed by atoms with van der Waals surface area (Å²) in [5.74, 6) is 0. The molecule has 46 valence electrons. The zero-order chi connectivity index (χ0) is 6.69. The Hall–Kier alpha value is -0.850. The van der Waals surface area contributed by atoms with Crippen LogP contribution in [-0.2, 0) is 0 Å². The zero-order valence-electron chi connectivity index (χ0n) is 4.61. The summed E-state index contributed by atoms with van der Waals surface area (Å²) in [4.78, 5) is 0.706. The van der Waals surface area contributed by atoms with Crippen molar-refractivity contribution in [2.75, 3.05) is 0 Å². The lowest BCUT2D eigenvalue weighted by Crippen LogP contribution is -1.86. The minimum Gasteiger partial charge on any atom is -0.373 e. The van der Waals surface area contributed by atoms with Gasteiger partial charge in [-0.1, -0.05) is 6.07 Å². The van der Waals surface area contributed by atoms with E-state index in [0.29, 0.717) is 4.88 Å². The summed E-state index contributed by atoms with van der Waals surface area (Å²) in [6, 6.07) is 5.27. The number of thiophene rings is 1. The molecule has 0 radical (unpaired) electrons. The molecule has 0 aliphatic rings. The molecular weight excluding hydrogens is 134 g/mol. The average molecular weight is 139 g/mol. The predicted octanol–water partition coefficient (Wildman–Crippen LogP) is 1.31. The van der Waals surface area contributed by atoms with Gasteiger partial charge in [-0.25, -0.2) is 0 Å². The van der Waals surface area contributed by atoms with Crippen LogP contribution in [0.4, 0.5) is 0 Å². The number of nitriles is 1. The van der Waals surface area contributed by atoms with Crippen molar-refractivity contribution in [3.63, 3.8) is 0 Å². The molecule has 9 heavy (non-hydrogen) atoms. The van der Waals surface area contributed by atoms with Crippen LogP contribution < -0.4 is 0 Å². The van der Waals surface area contributed by atoms with Crippen molar-refractivity contribution in [3.05, 3.63) is 22.4 Å². The van der Waals surface area contributed by atoms with Crippen molar-refractivity contribution in [2.45, 2.75) is 6.10 Å². The fraction of sp³-hybridized carbons (Fsp3) is 0.167. The Bertz CT molecular complexity index is 211. The SMILES string of the molecule is N#CC(O)c1cccs1. The highest BCUT2D eigenvalue weighted by Crippen LogP contribution is 2.16. The largest absolute Gasteiger partial charge is 0.373 e. The first-order chi connectivity index (χ1) is 4.34. The third-order valence-corrected chi connectivity index (χ3v) is 1.86. The van der Waals surface area contributed by atoms with E-state index in [9.17, 15) is 0 Å². The smallest absolute Gasteiger partial charge is 0.175 e. The summed E-state index contributed by atoms with van der Waals surface area (Å²) in [7, 11) is 0. The van der Waals surface area contributed by atoms with Crippen LogP contribution in [0.3, 0.4) is 0 Å². The van der Waals surface area contributed by atoms with Gasteiger partial charge in [-0.15, -0.1) is 11.3 Å². The molecule has 0 aliphatic carbocycles. The Labute approximate surface area is 57.0 Å². The number of nitrogens with zero attached hydrogens (tertiary/aromatic N) is 1. The number of rotatable bonds is 1. The molecule has 1 rings (SSSR count). The molecule has 0 amide bonds. The molecule has 0 bridgehead atoms. The fourth-order valence-corrected chi connectivity index (χ4v) is 1.16. The molecular formula is C6H5NOS. The summed E-state index contributed by atoms with van der Waals surface area (Å²) in [6.07, 6.45) is -0.940. The maximum atomic E-state index is 8.87. The lowest BCUT2D eigenvalue weighted by Gasteiger charge is -1.92. The Balaban J connectivity index is 2.80. The van der Waals surface area contributed by atoms with Crippen LogP contribution >= 0.6 is 11.3 Å². The van der Waals surface area contributed by atoms with Gasteiger partial charge in [0.15, 0.2) is 6.10 Å². The van der Waals surface area contributed by atoms with E-state index in [-0.39, 0.29) is 0 Å². The van der Waals surface area contributed by atoms with E-state index >= 15 is 0 Å². The molecule has 0 saturated carbocycles. The van der Waals surface area contributed by atoms with Gasteiger partial charge >= 0.3 is 0 Å². The van der Waals surface area contributed by atoms with E-state index in [0.717, 1.165) is 0 Å². The van der Waals surface area contributed by atoms with Crippen LogP contribution in [0.1, 0.15) is 11.0 Å². The fourth-order valence-electron chi connectivity index (χ4n) is 0.510. The van der Waals surface area contributed by atoms with E-state index in [4.69, 9.17) is 10.4 Å². The van der Waals surface area contributed by atoms with E-state index < -0.39 is 6.10 Å². The summed E-state index contributed by atoms with van der Waals surface area (Å²) in [5.41, 5.74) is 0. The Morgan fingerprint density at radius 1 is 1.78 bits per heavy atom. The minimum absolute atomic E-state index is 0.706. The van der Waals surface area contributed by atoms with Crippen molar-refractivity contribution < 1.29 is 5.11 Å². The monoisotopic (exact) mass is 139 g/mol. The quantitative estimate of drug-likeness (QED) is 0.596. The first-order valence-corrected chi connectivity index (χ1v) is 3.33. The molecule has 0 aliphatic heterocycles. The van der Waals surface area contributed by atoms with Crippen LogP contribution in [0, 0.1) is 11.3 Å². The highest BCUT2D eigenvalue weighted by molar-refractivity contribution is 7.10. The van der Waals surface area contributed by atoms with Gasteiger partial charge < -0.3 is 5.11 Å². The van der Waals surface area contributed by atoms with Crippen molar-refractivity contribution in [1.82, 2.24) is 0 Å². The molecule has 0 fully saturated rings. The van der Waals surface area contributed by atoms with Gasteiger partial charge in [0.1, 0.15) is 0 Å². The van der Waals surface area contributed by atoms with E-state index in [2.05, 4.69) is 0 Å². The van der Waals surface area contributed by atoms with Gasteiger partial charge in [-0.2, -0.15) is 5.26 Å². The van der Waals surface area contributed by atoms with E-state index in [1.807, 2.05) is 5.38 Å². The van der Waals surface area contributed by atoms with Crippen LogP contribution in [0.25, 0.3) is 0 Å². The van der Waals surface area contributed by atoms with Crippen molar-refractivity contribution >= 4 is 11.3 Å². The minimum atomic E-state index is -0.940. The van der Waals surface area contributed by atoms with Gasteiger partial charge in [0, 0.05) is 4.88 Å². The topological polar surface area (TPSA) is 44.0 Å². The molecule has 0 aromatic carbocycles. The molecule has 1 atom stereocenters. The molecule has 3 heteroatoms. The zero-order valence-corrected chi connectivity index (χ0v) is 5.43. The van der Waals surface area contributed by atoms with Crippen molar-refractivity contribution in [3.8, 4) is 6.07 Å². The van der Waals surface area contributed by atoms with Crippen LogP contribution in [-0.4, -0.2) is 5.11 Å². The normalized spacial score (nSPS) is 12.4. The van der Waals surface area contributed by atoms with Gasteiger partial charge in [0.25, 0.3) is 0 Å². The molecule has 0 spiro atoms. The Morgan fingerprint density at radius 3 is 3.00 bits per heavy atom. The summed E-state index contributed by atoms with van der Waals surface area (Å²) in [6.45, 7) is 0. The summed E-state index contributed by atoms with van der Waals surface area (Å²) >= 11 is 1.38. The highest BCUT2D eigenvalue weighted by atomic mass is 32.1. The molecule has 2 nitrogen and oxygen atoms in total. The summed E-state index contributed by atoms with van der Waals surface area (Å²) in [5, 5.41) is 18.9. The second-order valence-electron chi connectivity index (χ2n) is 1.55. The Morgan fingerprint density at radius 2 is 2.56 bits per heavy atom. The molecule has 1 N–H and O–H groups in total. The molecule has 1 aromatic rings. The molecule has 1 aromatic heterocycles. The van der Waals surface area contributed by atoms with E-state index in [1.165, 1.54) is 11.3 Å². The maximum Gasteiger partial charge on any atom is 0.175 e. The first kappa shape index (κ1) is 6.27.